The minimum absolute atomic E-state index is 0.0305. The van der Waals surface area contributed by atoms with E-state index in [9.17, 15) is 9.59 Å². The van der Waals surface area contributed by atoms with Gasteiger partial charge in [0, 0.05) is 24.0 Å². The van der Waals surface area contributed by atoms with Gasteiger partial charge in [0.25, 0.3) is 0 Å². The van der Waals surface area contributed by atoms with Crippen LogP contribution in [0, 0.1) is 39.9 Å². The fraction of sp³-hybridized carbons (Fsp3) is 0.833. The van der Waals surface area contributed by atoms with Crippen LogP contribution in [0.4, 0.5) is 0 Å². The second kappa shape index (κ2) is 6.60. The van der Waals surface area contributed by atoms with Crippen LogP contribution in [0.5, 0.6) is 0 Å². The van der Waals surface area contributed by atoms with E-state index >= 15 is 0 Å². The molecule has 4 nitrogen and oxygen atoms in total. The topological polar surface area (TPSA) is 55.4 Å². The zero-order valence-corrected chi connectivity index (χ0v) is 18.2. The Kier molecular flexibility index (Phi) is 4.71. The van der Waals surface area contributed by atoms with Gasteiger partial charge in [0.1, 0.15) is 6.10 Å². The van der Waals surface area contributed by atoms with Crippen LogP contribution in [-0.2, 0) is 14.3 Å². The van der Waals surface area contributed by atoms with Crippen molar-refractivity contribution in [1.82, 2.24) is 5.32 Å². The Bertz CT molecular complexity index is 692. The second-order valence-electron chi connectivity index (χ2n) is 11.5. The molecule has 0 bridgehead atoms. The lowest BCUT2D eigenvalue weighted by Crippen LogP contribution is -2.55. The summed E-state index contributed by atoms with van der Waals surface area (Å²) in [5.41, 5.74) is 0.191. The molecular weight excluding hydrogens is 350 g/mol. The molecule has 28 heavy (non-hydrogen) atoms. The van der Waals surface area contributed by atoms with Crippen molar-refractivity contribution in [3.63, 3.8) is 0 Å². The van der Waals surface area contributed by atoms with Crippen LogP contribution in [0.25, 0.3) is 0 Å². The number of nitrogens with one attached hydrogen (secondary N) is 1. The van der Waals surface area contributed by atoms with Crippen molar-refractivity contribution in [2.45, 2.75) is 79.2 Å². The smallest absolute Gasteiger partial charge is 0.330 e. The van der Waals surface area contributed by atoms with Gasteiger partial charge < -0.3 is 10.1 Å². The highest BCUT2D eigenvalue weighted by molar-refractivity contribution is 5.83. The van der Waals surface area contributed by atoms with Crippen LogP contribution >= 0.6 is 0 Å². The maximum absolute atomic E-state index is 13.1. The summed E-state index contributed by atoms with van der Waals surface area (Å²) in [6.07, 6.45) is 10.3. The first kappa shape index (κ1) is 20.0. The number of esters is 1. The summed E-state index contributed by atoms with van der Waals surface area (Å²) in [5.74, 6) is 2.04. The molecule has 4 aliphatic rings. The van der Waals surface area contributed by atoms with Gasteiger partial charge in [-0.3, -0.25) is 4.79 Å². The maximum Gasteiger partial charge on any atom is 0.330 e. The highest BCUT2D eigenvalue weighted by Gasteiger charge is 2.61. The van der Waals surface area contributed by atoms with Crippen molar-refractivity contribution < 1.29 is 14.3 Å². The predicted molar refractivity (Wildman–Crippen MR) is 109 cm³/mol. The standard InChI is InChI=1S/C24H37NO3/c1-22(2,3)14-25-21(27)18-8-7-16-15-6-9-19-24(5,13-11-20(26)28-19)17(15)10-12-23(16,18)4/h11,13,15-19H,6-10,12,14H2,1-5H3,(H,25,27)/t15-,16-,17-,18+,19+,23-,24+/m0/s1. The molecule has 7 atom stereocenters. The molecule has 0 aromatic rings. The van der Waals surface area contributed by atoms with Crippen molar-refractivity contribution >= 4 is 11.9 Å². The van der Waals surface area contributed by atoms with E-state index < -0.39 is 0 Å². The molecule has 1 amide bonds. The van der Waals surface area contributed by atoms with E-state index in [2.05, 4.69) is 46.0 Å². The second-order valence-corrected chi connectivity index (χ2v) is 11.5. The van der Waals surface area contributed by atoms with Gasteiger partial charge >= 0.3 is 5.97 Å². The van der Waals surface area contributed by atoms with Gasteiger partial charge in [0.05, 0.1) is 0 Å². The van der Waals surface area contributed by atoms with Crippen molar-refractivity contribution in [3.8, 4) is 0 Å². The zero-order chi connectivity index (χ0) is 20.3. The van der Waals surface area contributed by atoms with E-state index in [1.807, 2.05) is 0 Å². The molecule has 3 aliphatic carbocycles. The Morgan fingerprint density at radius 1 is 1.14 bits per heavy atom. The van der Waals surface area contributed by atoms with E-state index in [1.54, 1.807) is 6.08 Å². The van der Waals surface area contributed by atoms with Gasteiger partial charge in [-0.25, -0.2) is 4.79 Å². The SMILES string of the molecule is CC(C)(C)CNC(=O)[C@H]1CC[C@H]2[C@@H]3CC[C@H]4OC(=O)C=C[C@]4(C)[C@H]3CC[C@]12C. The third kappa shape index (κ3) is 3.11. The third-order valence-electron chi connectivity index (χ3n) is 8.64. The first-order valence-corrected chi connectivity index (χ1v) is 11.2. The molecule has 156 valence electrons. The third-order valence-corrected chi connectivity index (χ3v) is 8.64. The number of hydrogen-bond acceptors (Lipinski definition) is 3. The van der Waals surface area contributed by atoms with Crippen LogP contribution in [0.2, 0.25) is 0 Å². The van der Waals surface area contributed by atoms with Crippen molar-refractivity contribution in [2.24, 2.45) is 39.9 Å². The van der Waals surface area contributed by atoms with E-state index in [0.717, 1.165) is 45.1 Å². The Labute approximate surface area is 169 Å². The summed E-state index contributed by atoms with van der Waals surface area (Å²) in [6, 6.07) is 0. The molecule has 0 saturated heterocycles. The van der Waals surface area contributed by atoms with E-state index in [4.69, 9.17) is 4.74 Å². The first-order valence-electron chi connectivity index (χ1n) is 11.2. The van der Waals surface area contributed by atoms with Crippen molar-refractivity contribution in [2.75, 3.05) is 6.54 Å². The molecule has 0 radical (unpaired) electrons. The summed E-state index contributed by atoms with van der Waals surface area (Å²) in [4.78, 5) is 24.8. The lowest BCUT2D eigenvalue weighted by Gasteiger charge is -2.58. The van der Waals surface area contributed by atoms with E-state index in [1.165, 1.54) is 0 Å². The monoisotopic (exact) mass is 387 g/mol. The van der Waals surface area contributed by atoms with E-state index in [0.29, 0.717) is 17.8 Å². The predicted octanol–water partition coefficient (Wildman–Crippen LogP) is 4.49. The minimum Gasteiger partial charge on any atom is -0.458 e. The number of amides is 1. The maximum atomic E-state index is 13.1. The molecule has 0 aromatic carbocycles. The Balaban J connectivity index is 1.53. The lowest BCUT2D eigenvalue weighted by molar-refractivity contribution is -0.168. The number of carbonyl (C=O) groups excluding carboxylic acids is 2. The summed E-state index contributed by atoms with van der Waals surface area (Å²) in [7, 11) is 0. The Morgan fingerprint density at radius 2 is 1.89 bits per heavy atom. The van der Waals surface area contributed by atoms with Crippen molar-refractivity contribution in [1.29, 1.82) is 0 Å². The fourth-order valence-corrected chi connectivity index (χ4v) is 7.11. The van der Waals surface area contributed by atoms with Gasteiger partial charge in [-0.1, -0.05) is 40.7 Å². The molecule has 0 unspecified atom stereocenters. The number of ether oxygens (including phenoxy) is 1. The normalized spacial score (nSPS) is 44.9. The average Bonchev–Trinajstić information content (AvgIpc) is 2.97. The highest BCUT2D eigenvalue weighted by atomic mass is 16.5. The average molecular weight is 388 g/mol. The number of fused-ring (bicyclic) bond motifs is 5. The quantitative estimate of drug-likeness (QED) is 0.710. The van der Waals surface area contributed by atoms with Crippen LogP contribution in [-0.4, -0.2) is 24.5 Å². The molecule has 0 spiro atoms. The summed E-state index contributed by atoms with van der Waals surface area (Å²) in [6.45, 7) is 11.9. The molecule has 4 heteroatoms. The Hall–Kier alpha value is -1.32. The van der Waals surface area contributed by atoms with E-state index in [-0.39, 0.29) is 40.1 Å². The number of hydrogen-bond donors (Lipinski definition) is 1. The molecular formula is C24H37NO3. The van der Waals surface area contributed by atoms with Gasteiger partial charge in [-0.2, -0.15) is 0 Å². The molecule has 3 saturated carbocycles. The van der Waals surface area contributed by atoms with Gasteiger partial charge in [0.15, 0.2) is 0 Å². The summed E-state index contributed by atoms with van der Waals surface area (Å²) < 4.78 is 5.71. The van der Waals surface area contributed by atoms with Gasteiger partial charge in [-0.15, -0.1) is 0 Å². The molecule has 4 rings (SSSR count). The first-order chi connectivity index (χ1) is 13.0. The minimum atomic E-state index is -0.182. The molecule has 1 aliphatic heterocycles. The molecule has 1 heterocycles. The number of rotatable bonds is 2. The Morgan fingerprint density at radius 3 is 2.61 bits per heavy atom. The summed E-state index contributed by atoms with van der Waals surface area (Å²) >= 11 is 0. The summed E-state index contributed by atoms with van der Waals surface area (Å²) in [5, 5.41) is 3.24. The lowest BCUT2D eigenvalue weighted by atomic mass is 9.48. The zero-order valence-electron chi connectivity index (χ0n) is 18.2. The highest BCUT2D eigenvalue weighted by Crippen LogP contribution is 2.65. The molecule has 0 aromatic heterocycles. The fourth-order valence-electron chi connectivity index (χ4n) is 7.11. The number of carbonyl (C=O) groups is 2. The molecule has 3 fully saturated rings. The van der Waals surface area contributed by atoms with Crippen LogP contribution in [0.3, 0.4) is 0 Å². The largest absolute Gasteiger partial charge is 0.458 e. The van der Waals surface area contributed by atoms with Gasteiger partial charge in [-0.05, 0) is 67.1 Å². The molecule has 1 N–H and O–H groups in total. The van der Waals surface area contributed by atoms with Crippen molar-refractivity contribution in [3.05, 3.63) is 12.2 Å². The van der Waals surface area contributed by atoms with Crippen LogP contribution in [0.1, 0.15) is 73.1 Å². The van der Waals surface area contributed by atoms with Crippen LogP contribution in [0.15, 0.2) is 12.2 Å². The van der Waals surface area contributed by atoms with Gasteiger partial charge in [0.2, 0.25) is 5.91 Å². The van der Waals surface area contributed by atoms with Crippen LogP contribution < -0.4 is 5.32 Å².